The molecule has 1 nitrogen and oxygen atoms in total. The van der Waals surface area contributed by atoms with Crippen LogP contribution in [0.2, 0.25) is 0 Å². The maximum atomic E-state index is 5.48. The van der Waals surface area contributed by atoms with Crippen molar-refractivity contribution in [2.75, 3.05) is 7.11 Å². The normalized spacial score (nSPS) is 34.4. The van der Waals surface area contributed by atoms with Gasteiger partial charge in [0.05, 0.1) is 6.10 Å². The quantitative estimate of drug-likeness (QED) is 0.512. The SMILES string of the molecule is CCCC=CC1CCC(CCC2CCC(OC)CC2)CC1. The second-order valence-electron chi connectivity index (χ2n) is 7.45. The first-order valence-electron chi connectivity index (χ1n) is 9.51. The lowest BCUT2D eigenvalue weighted by Crippen LogP contribution is -2.21. The number of methoxy groups -OCH3 is 1. The van der Waals surface area contributed by atoms with Crippen molar-refractivity contribution >= 4 is 0 Å². The highest BCUT2D eigenvalue weighted by atomic mass is 16.5. The Morgan fingerprint density at radius 1 is 0.857 bits per heavy atom. The summed E-state index contributed by atoms with van der Waals surface area (Å²) in [5.41, 5.74) is 0. The summed E-state index contributed by atoms with van der Waals surface area (Å²) in [5, 5.41) is 0. The number of unbranched alkanes of at least 4 members (excludes halogenated alkanes) is 1. The lowest BCUT2D eigenvalue weighted by atomic mass is 9.77. The van der Waals surface area contributed by atoms with Crippen LogP contribution >= 0.6 is 0 Å². The predicted octanol–water partition coefficient (Wildman–Crippen LogP) is 6.13. The molecule has 0 heterocycles. The van der Waals surface area contributed by atoms with Crippen molar-refractivity contribution in [1.29, 1.82) is 0 Å². The maximum Gasteiger partial charge on any atom is 0.0571 e. The molecule has 0 aliphatic heterocycles. The fourth-order valence-corrected chi connectivity index (χ4v) is 4.25. The minimum Gasteiger partial charge on any atom is -0.381 e. The fourth-order valence-electron chi connectivity index (χ4n) is 4.25. The van der Waals surface area contributed by atoms with Crippen molar-refractivity contribution in [2.24, 2.45) is 17.8 Å². The van der Waals surface area contributed by atoms with E-state index in [4.69, 9.17) is 4.74 Å². The Morgan fingerprint density at radius 3 is 1.95 bits per heavy atom. The molecule has 0 unspecified atom stereocenters. The number of allylic oxidation sites excluding steroid dienone is 2. The van der Waals surface area contributed by atoms with E-state index in [0.29, 0.717) is 6.10 Å². The zero-order valence-corrected chi connectivity index (χ0v) is 14.4. The highest BCUT2D eigenvalue weighted by Gasteiger charge is 2.23. The fraction of sp³-hybridized carbons (Fsp3) is 0.900. The molecule has 1 heteroatoms. The van der Waals surface area contributed by atoms with Gasteiger partial charge in [-0.2, -0.15) is 0 Å². The summed E-state index contributed by atoms with van der Waals surface area (Å²) in [6, 6.07) is 0. The summed E-state index contributed by atoms with van der Waals surface area (Å²) >= 11 is 0. The van der Waals surface area contributed by atoms with E-state index in [1.807, 2.05) is 7.11 Å². The molecule has 2 fully saturated rings. The predicted molar refractivity (Wildman–Crippen MR) is 91.5 cm³/mol. The molecule has 2 aliphatic rings. The molecule has 2 saturated carbocycles. The molecule has 2 aliphatic carbocycles. The first kappa shape index (κ1) is 17.1. The van der Waals surface area contributed by atoms with Gasteiger partial charge in [-0.1, -0.05) is 38.3 Å². The third-order valence-electron chi connectivity index (χ3n) is 5.87. The van der Waals surface area contributed by atoms with Crippen LogP contribution in [0.25, 0.3) is 0 Å². The molecule has 122 valence electrons. The second-order valence-corrected chi connectivity index (χ2v) is 7.45. The van der Waals surface area contributed by atoms with E-state index in [1.165, 1.54) is 77.0 Å². The summed E-state index contributed by atoms with van der Waals surface area (Å²) in [4.78, 5) is 0. The summed E-state index contributed by atoms with van der Waals surface area (Å²) < 4.78 is 5.48. The van der Waals surface area contributed by atoms with Gasteiger partial charge < -0.3 is 4.74 Å². The molecule has 0 N–H and O–H groups in total. The monoisotopic (exact) mass is 292 g/mol. The molecule has 0 amide bonds. The number of hydrogen-bond acceptors (Lipinski definition) is 1. The van der Waals surface area contributed by atoms with E-state index in [-0.39, 0.29) is 0 Å². The van der Waals surface area contributed by atoms with Crippen LogP contribution in [0, 0.1) is 17.8 Å². The molecule has 0 saturated heterocycles. The van der Waals surface area contributed by atoms with Gasteiger partial charge in [-0.25, -0.2) is 0 Å². The van der Waals surface area contributed by atoms with Gasteiger partial charge in [0.2, 0.25) is 0 Å². The zero-order chi connectivity index (χ0) is 14.9. The first-order chi connectivity index (χ1) is 10.3. The summed E-state index contributed by atoms with van der Waals surface area (Å²) in [6.45, 7) is 2.27. The Hall–Kier alpha value is -0.300. The Labute approximate surface area is 132 Å². The Balaban J connectivity index is 1.57. The van der Waals surface area contributed by atoms with Gasteiger partial charge in [0.15, 0.2) is 0 Å². The topological polar surface area (TPSA) is 9.23 Å². The molecule has 0 atom stereocenters. The van der Waals surface area contributed by atoms with Gasteiger partial charge in [-0.3, -0.25) is 0 Å². The van der Waals surface area contributed by atoms with Gasteiger partial charge in [0.25, 0.3) is 0 Å². The minimum atomic E-state index is 0.562. The lowest BCUT2D eigenvalue weighted by Gasteiger charge is -2.31. The van der Waals surface area contributed by atoms with Crippen LogP contribution in [-0.2, 0) is 4.74 Å². The van der Waals surface area contributed by atoms with Crippen LogP contribution in [0.5, 0.6) is 0 Å². The summed E-state index contributed by atoms with van der Waals surface area (Å²) in [5.74, 6) is 2.92. The zero-order valence-electron chi connectivity index (χ0n) is 14.4. The van der Waals surface area contributed by atoms with Crippen LogP contribution in [0.15, 0.2) is 12.2 Å². The molecule has 0 spiro atoms. The largest absolute Gasteiger partial charge is 0.381 e. The van der Waals surface area contributed by atoms with Crippen LogP contribution in [0.3, 0.4) is 0 Å². The van der Waals surface area contributed by atoms with Crippen molar-refractivity contribution in [3.8, 4) is 0 Å². The van der Waals surface area contributed by atoms with Gasteiger partial charge >= 0.3 is 0 Å². The highest BCUT2D eigenvalue weighted by molar-refractivity contribution is 4.91. The molecular weight excluding hydrogens is 256 g/mol. The van der Waals surface area contributed by atoms with Crippen LogP contribution in [0.4, 0.5) is 0 Å². The lowest BCUT2D eigenvalue weighted by molar-refractivity contribution is 0.0541. The number of hydrogen-bond donors (Lipinski definition) is 0. The molecular formula is C20H36O. The Morgan fingerprint density at radius 2 is 1.43 bits per heavy atom. The maximum absolute atomic E-state index is 5.48. The third kappa shape index (κ3) is 6.14. The van der Waals surface area contributed by atoms with Crippen molar-refractivity contribution in [1.82, 2.24) is 0 Å². The van der Waals surface area contributed by atoms with Crippen LogP contribution in [0.1, 0.15) is 84.0 Å². The minimum absolute atomic E-state index is 0.562. The van der Waals surface area contributed by atoms with E-state index in [2.05, 4.69) is 19.1 Å². The molecule has 21 heavy (non-hydrogen) atoms. The van der Waals surface area contributed by atoms with Crippen molar-refractivity contribution in [3.05, 3.63) is 12.2 Å². The molecule has 0 aromatic heterocycles. The standard InChI is InChI=1S/C20H36O/c1-3-4-5-6-17-7-9-18(10-8-17)11-12-19-13-15-20(21-2)16-14-19/h5-6,17-20H,3-4,7-16H2,1-2H3. The average molecular weight is 293 g/mol. The summed E-state index contributed by atoms with van der Waals surface area (Å²) in [6.07, 6.45) is 22.3. The smallest absolute Gasteiger partial charge is 0.0571 e. The van der Waals surface area contributed by atoms with Crippen molar-refractivity contribution < 1.29 is 4.74 Å². The first-order valence-corrected chi connectivity index (χ1v) is 9.51. The van der Waals surface area contributed by atoms with E-state index >= 15 is 0 Å². The Bertz CT molecular complexity index is 280. The summed E-state index contributed by atoms with van der Waals surface area (Å²) in [7, 11) is 1.87. The van der Waals surface area contributed by atoms with Crippen LogP contribution in [-0.4, -0.2) is 13.2 Å². The average Bonchev–Trinajstić information content (AvgIpc) is 2.55. The van der Waals surface area contributed by atoms with E-state index < -0.39 is 0 Å². The number of ether oxygens (including phenoxy) is 1. The highest BCUT2D eigenvalue weighted by Crippen LogP contribution is 2.36. The Kier molecular flexibility index (Phi) is 7.85. The van der Waals surface area contributed by atoms with E-state index in [0.717, 1.165) is 17.8 Å². The van der Waals surface area contributed by atoms with Gasteiger partial charge in [0, 0.05) is 7.11 Å². The molecule has 2 rings (SSSR count). The second kappa shape index (κ2) is 9.66. The van der Waals surface area contributed by atoms with Crippen molar-refractivity contribution in [2.45, 2.75) is 90.1 Å². The van der Waals surface area contributed by atoms with Crippen LogP contribution < -0.4 is 0 Å². The van der Waals surface area contributed by atoms with Gasteiger partial charge in [-0.05, 0) is 75.5 Å². The third-order valence-corrected chi connectivity index (χ3v) is 5.87. The molecule has 0 radical (unpaired) electrons. The number of rotatable bonds is 7. The van der Waals surface area contributed by atoms with Gasteiger partial charge in [-0.15, -0.1) is 0 Å². The molecule has 0 aromatic carbocycles. The van der Waals surface area contributed by atoms with Gasteiger partial charge in [0.1, 0.15) is 0 Å². The van der Waals surface area contributed by atoms with E-state index in [9.17, 15) is 0 Å². The molecule has 0 aromatic rings. The molecule has 0 bridgehead atoms. The van der Waals surface area contributed by atoms with E-state index in [1.54, 1.807) is 0 Å². The van der Waals surface area contributed by atoms with Crippen molar-refractivity contribution in [3.63, 3.8) is 0 Å².